The molecule has 0 bridgehead atoms. The quantitative estimate of drug-likeness (QED) is 0.461. The summed E-state index contributed by atoms with van der Waals surface area (Å²) in [5.41, 5.74) is 2.93. The third-order valence-corrected chi connectivity index (χ3v) is 6.72. The molecule has 0 saturated carbocycles. The van der Waals surface area contributed by atoms with Gasteiger partial charge >= 0.3 is 0 Å². The van der Waals surface area contributed by atoms with Gasteiger partial charge in [-0.15, -0.1) is 0 Å². The Bertz CT molecular complexity index is 1320. The first-order valence-electron chi connectivity index (χ1n) is 11.3. The van der Waals surface area contributed by atoms with Gasteiger partial charge in [-0.05, 0) is 56.0 Å². The number of ether oxygens (including phenoxy) is 1. The van der Waals surface area contributed by atoms with E-state index >= 15 is 0 Å². The van der Waals surface area contributed by atoms with E-state index in [1.54, 1.807) is 15.4 Å². The average molecular weight is 450 g/mol. The first-order chi connectivity index (χ1) is 16.1. The van der Waals surface area contributed by atoms with Crippen LogP contribution in [-0.2, 0) is 4.74 Å². The highest BCUT2D eigenvalue weighted by Gasteiger charge is 2.30. The number of nitrogens with zero attached hydrogens (tertiary/aromatic N) is 6. The van der Waals surface area contributed by atoms with Crippen molar-refractivity contribution in [2.45, 2.75) is 44.2 Å². The Kier molecular flexibility index (Phi) is 4.86. The average Bonchev–Trinajstić information content (AvgIpc) is 3.60. The van der Waals surface area contributed by atoms with Gasteiger partial charge in [0.25, 0.3) is 0 Å². The fourth-order valence-corrected chi connectivity index (χ4v) is 5.03. The van der Waals surface area contributed by atoms with Crippen LogP contribution in [0.4, 0.5) is 14.6 Å². The molecule has 3 unspecified atom stereocenters. The third kappa shape index (κ3) is 3.56. The number of benzene rings is 1. The molecule has 0 N–H and O–H groups in total. The zero-order valence-electron chi connectivity index (χ0n) is 18.2. The second kappa shape index (κ2) is 7.91. The summed E-state index contributed by atoms with van der Waals surface area (Å²) in [7, 11) is 0. The van der Waals surface area contributed by atoms with E-state index in [1.165, 1.54) is 12.1 Å². The van der Waals surface area contributed by atoms with Gasteiger partial charge in [0.15, 0.2) is 5.65 Å². The van der Waals surface area contributed by atoms with Gasteiger partial charge in [0.2, 0.25) is 0 Å². The molecule has 0 spiro atoms. The predicted octanol–water partition coefficient (Wildman–Crippen LogP) is 4.43. The number of aromatic nitrogens is 5. The highest BCUT2D eigenvalue weighted by atomic mass is 19.1. The molecular formula is C24H24F2N6O. The van der Waals surface area contributed by atoms with Gasteiger partial charge < -0.3 is 9.64 Å². The third-order valence-electron chi connectivity index (χ3n) is 6.72. The Morgan fingerprint density at radius 3 is 2.88 bits per heavy atom. The van der Waals surface area contributed by atoms with Crippen molar-refractivity contribution in [2.75, 3.05) is 18.1 Å². The van der Waals surface area contributed by atoms with E-state index < -0.39 is 11.6 Å². The fraction of sp³-hybridized carbons (Fsp3) is 0.375. The lowest BCUT2D eigenvalue weighted by atomic mass is 10.0. The van der Waals surface area contributed by atoms with E-state index in [9.17, 15) is 8.78 Å². The zero-order valence-corrected chi connectivity index (χ0v) is 18.2. The molecule has 5 heterocycles. The number of rotatable bonds is 4. The molecule has 0 radical (unpaired) electrons. The van der Waals surface area contributed by atoms with Gasteiger partial charge in [0.1, 0.15) is 23.1 Å². The van der Waals surface area contributed by atoms with Crippen LogP contribution in [0.15, 0.2) is 49.1 Å². The topological polar surface area (TPSA) is 60.5 Å². The van der Waals surface area contributed by atoms with Gasteiger partial charge in [-0.25, -0.2) is 23.0 Å². The second-order valence-electron chi connectivity index (χ2n) is 8.90. The number of anilines is 1. The molecule has 7 nitrogen and oxygen atoms in total. The number of hydrogen-bond acceptors (Lipinski definition) is 5. The molecule has 170 valence electrons. The van der Waals surface area contributed by atoms with Crippen LogP contribution in [0.25, 0.3) is 11.3 Å². The Morgan fingerprint density at radius 1 is 1.12 bits per heavy atom. The van der Waals surface area contributed by atoms with Gasteiger partial charge in [0, 0.05) is 30.4 Å². The van der Waals surface area contributed by atoms with E-state index in [0.717, 1.165) is 43.1 Å². The van der Waals surface area contributed by atoms with Crippen LogP contribution >= 0.6 is 0 Å². The SMILES string of the molecule is CC1CC(c2cnn(-c3cnn4ccc(N5CCCC5c5cc(F)ccc5F)nc34)c2)CO1. The lowest BCUT2D eigenvalue weighted by Gasteiger charge is -2.26. The molecule has 6 rings (SSSR count). The first kappa shape index (κ1) is 20.3. The highest BCUT2D eigenvalue weighted by Crippen LogP contribution is 2.37. The molecule has 0 aliphatic carbocycles. The van der Waals surface area contributed by atoms with Gasteiger partial charge in [-0.2, -0.15) is 10.2 Å². The summed E-state index contributed by atoms with van der Waals surface area (Å²) in [5.74, 6) is 0.219. The van der Waals surface area contributed by atoms with Gasteiger partial charge in [0.05, 0.1) is 31.1 Å². The normalized spacial score (nSPS) is 23.1. The van der Waals surface area contributed by atoms with E-state index in [0.29, 0.717) is 29.6 Å². The molecule has 2 fully saturated rings. The Labute approximate surface area is 189 Å². The molecule has 2 aliphatic heterocycles. The molecule has 33 heavy (non-hydrogen) atoms. The molecule has 0 amide bonds. The lowest BCUT2D eigenvalue weighted by molar-refractivity contribution is 0.123. The van der Waals surface area contributed by atoms with Crippen molar-refractivity contribution >= 4 is 11.5 Å². The maximum Gasteiger partial charge on any atom is 0.183 e. The Hall–Kier alpha value is -3.33. The van der Waals surface area contributed by atoms with Gasteiger partial charge in [-0.3, -0.25) is 0 Å². The minimum atomic E-state index is -0.434. The van der Waals surface area contributed by atoms with Crippen molar-refractivity contribution in [3.63, 3.8) is 0 Å². The minimum absolute atomic E-state index is 0.260. The predicted molar refractivity (Wildman–Crippen MR) is 119 cm³/mol. The van der Waals surface area contributed by atoms with Crippen molar-refractivity contribution in [2.24, 2.45) is 0 Å². The summed E-state index contributed by atoms with van der Waals surface area (Å²) in [5, 5.41) is 8.98. The first-order valence-corrected chi connectivity index (χ1v) is 11.3. The van der Waals surface area contributed by atoms with Crippen molar-refractivity contribution < 1.29 is 13.5 Å². The molecule has 4 aromatic rings. The molecule has 3 aromatic heterocycles. The maximum absolute atomic E-state index is 14.5. The van der Waals surface area contributed by atoms with E-state index in [2.05, 4.69) is 17.1 Å². The molecule has 9 heteroatoms. The Balaban J connectivity index is 1.35. The molecule has 2 saturated heterocycles. The van der Waals surface area contributed by atoms with E-state index in [-0.39, 0.29) is 12.1 Å². The number of fused-ring (bicyclic) bond motifs is 1. The monoisotopic (exact) mass is 450 g/mol. The van der Waals surface area contributed by atoms with Crippen LogP contribution < -0.4 is 4.90 Å². The van der Waals surface area contributed by atoms with Crippen LogP contribution in [0, 0.1) is 11.6 Å². The Morgan fingerprint density at radius 2 is 2.03 bits per heavy atom. The summed E-state index contributed by atoms with van der Waals surface area (Å²) < 4.78 is 37.6. The maximum atomic E-state index is 14.5. The van der Waals surface area contributed by atoms with Crippen LogP contribution in [-0.4, -0.2) is 43.6 Å². The van der Waals surface area contributed by atoms with Gasteiger partial charge in [-0.1, -0.05) is 0 Å². The molecule has 2 aliphatic rings. The summed E-state index contributed by atoms with van der Waals surface area (Å²) in [6, 6.07) is 5.24. The largest absolute Gasteiger partial charge is 0.378 e. The zero-order chi connectivity index (χ0) is 22.5. The summed E-state index contributed by atoms with van der Waals surface area (Å²) in [6.45, 7) is 3.51. The van der Waals surface area contributed by atoms with Crippen LogP contribution in [0.3, 0.4) is 0 Å². The van der Waals surface area contributed by atoms with E-state index in [1.807, 2.05) is 29.6 Å². The standard InChI is InChI=1S/C24H24F2N6O/c1-15-9-16(14-33-15)17-11-27-32(13-17)22-12-28-31-8-6-23(29-24(22)31)30-7-2-3-21(30)19-10-18(25)4-5-20(19)26/h4-6,8,10-13,15-16,21H,2-3,7,9,14H2,1H3. The fourth-order valence-electron chi connectivity index (χ4n) is 5.03. The highest BCUT2D eigenvalue weighted by molar-refractivity contribution is 5.61. The van der Waals surface area contributed by atoms with E-state index in [4.69, 9.17) is 9.72 Å². The van der Waals surface area contributed by atoms with Crippen molar-refractivity contribution in [1.82, 2.24) is 24.4 Å². The molecule has 3 atom stereocenters. The number of hydrogen-bond donors (Lipinski definition) is 0. The van der Waals surface area contributed by atoms with Crippen LogP contribution in [0.1, 0.15) is 49.3 Å². The smallest absolute Gasteiger partial charge is 0.183 e. The minimum Gasteiger partial charge on any atom is -0.378 e. The van der Waals surface area contributed by atoms with Crippen LogP contribution in [0.2, 0.25) is 0 Å². The summed E-state index contributed by atoms with van der Waals surface area (Å²) in [4.78, 5) is 6.91. The lowest BCUT2D eigenvalue weighted by Crippen LogP contribution is -2.24. The summed E-state index contributed by atoms with van der Waals surface area (Å²) >= 11 is 0. The second-order valence-corrected chi connectivity index (χ2v) is 8.90. The van der Waals surface area contributed by atoms with Crippen molar-refractivity contribution in [3.8, 4) is 5.69 Å². The number of halogens is 2. The van der Waals surface area contributed by atoms with Crippen molar-refractivity contribution in [3.05, 3.63) is 71.8 Å². The molecular weight excluding hydrogens is 426 g/mol. The summed E-state index contributed by atoms with van der Waals surface area (Å²) in [6.07, 6.45) is 10.3. The molecule has 1 aromatic carbocycles. The van der Waals surface area contributed by atoms with Crippen LogP contribution in [0.5, 0.6) is 0 Å². The van der Waals surface area contributed by atoms with Crippen molar-refractivity contribution in [1.29, 1.82) is 0 Å².